The van der Waals surface area contributed by atoms with Crippen molar-refractivity contribution in [3.63, 3.8) is 0 Å². The van der Waals surface area contributed by atoms with Gasteiger partial charge in [-0.1, -0.05) is 0 Å². The molecule has 2 N–H and O–H groups in total. The highest BCUT2D eigenvalue weighted by molar-refractivity contribution is 7.89. The fraction of sp³-hybridized carbons (Fsp3) is 0.632. The molecule has 0 aliphatic carbocycles. The predicted octanol–water partition coefficient (Wildman–Crippen LogP) is 0.903. The number of benzene rings is 1. The van der Waals surface area contributed by atoms with Crippen molar-refractivity contribution in [2.24, 2.45) is 0 Å². The monoisotopic (exact) mass is 382 g/mol. The molecule has 0 aromatic heterocycles. The van der Waals surface area contributed by atoms with Gasteiger partial charge in [0.1, 0.15) is 0 Å². The van der Waals surface area contributed by atoms with E-state index in [2.05, 4.69) is 33.0 Å². The third-order valence-electron chi connectivity index (χ3n) is 5.00. The second-order valence-electron chi connectivity index (χ2n) is 7.53. The van der Waals surface area contributed by atoms with Crippen LogP contribution < -0.4 is 10.2 Å². The fourth-order valence-corrected chi connectivity index (χ4v) is 5.04. The van der Waals surface area contributed by atoms with Gasteiger partial charge in [0, 0.05) is 18.7 Å². The fourth-order valence-electron chi connectivity index (χ4n) is 3.52. The number of amides is 1. The Balaban J connectivity index is 1.94. The normalized spacial score (nSPS) is 16.0. The molecule has 0 atom stereocenters. The van der Waals surface area contributed by atoms with E-state index in [0.29, 0.717) is 37.3 Å². The molecule has 1 saturated heterocycles. The maximum Gasteiger partial charge on any atom is 0.251 e. The van der Waals surface area contributed by atoms with Crippen molar-refractivity contribution in [1.29, 1.82) is 0 Å². The summed E-state index contributed by atoms with van der Waals surface area (Å²) in [6, 6.07) is 7.25. The molecule has 0 spiro atoms. The van der Waals surface area contributed by atoms with Crippen molar-refractivity contribution in [1.82, 2.24) is 9.62 Å². The van der Waals surface area contributed by atoms with E-state index in [1.165, 1.54) is 21.3 Å². The molecular weight excluding hydrogens is 350 g/mol. The highest BCUT2D eigenvalue weighted by Gasteiger charge is 2.27. The minimum atomic E-state index is -3.43. The van der Waals surface area contributed by atoms with Crippen molar-refractivity contribution in [3.05, 3.63) is 29.8 Å². The largest absolute Gasteiger partial charge is 0.346 e. The van der Waals surface area contributed by atoms with Crippen molar-refractivity contribution < 1.29 is 18.1 Å². The van der Waals surface area contributed by atoms with Gasteiger partial charge in [-0.05, 0) is 64.8 Å². The van der Waals surface area contributed by atoms with Crippen molar-refractivity contribution in [2.45, 2.75) is 57.5 Å². The maximum atomic E-state index is 12.5. The summed E-state index contributed by atoms with van der Waals surface area (Å²) >= 11 is 0. The summed E-state index contributed by atoms with van der Waals surface area (Å²) in [6.07, 6.45) is 1.82. The SMILES string of the molecule is CC(C)[NH+](CCNC(=O)c1ccc(S(=O)(=O)N2CCCC2)cc1)C(C)C. The molecule has 1 amide bonds. The minimum absolute atomic E-state index is 0.165. The summed E-state index contributed by atoms with van der Waals surface area (Å²) in [5, 5.41) is 2.93. The maximum absolute atomic E-state index is 12.5. The summed E-state index contributed by atoms with van der Waals surface area (Å²) in [4.78, 5) is 14.0. The Labute approximate surface area is 157 Å². The quantitative estimate of drug-likeness (QED) is 0.702. The second-order valence-corrected chi connectivity index (χ2v) is 9.46. The van der Waals surface area contributed by atoms with Crippen LogP contribution in [0.2, 0.25) is 0 Å². The van der Waals surface area contributed by atoms with E-state index in [1.54, 1.807) is 12.1 Å². The number of carbonyl (C=O) groups excluding carboxylic acids is 1. The van der Waals surface area contributed by atoms with E-state index < -0.39 is 10.0 Å². The molecule has 26 heavy (non-hydrogen) atoms. The molecule has 0 bridgehead atoms. The molecule has 0 unspecified atom stereocenters. The van der Waals surface area contributed by atoms with Gasteiger partial charge in [0.2, 0.25) is 10.0 Å². The Morgan fingerprint density at radius 2 is 1.62 bits per heavy atom. The number of carbonyl (C=O) groups is 1. The van der Waals surface area contributed by atoms with Gasteiger partial charge < -0.3 is 10.2 Å². The molecule has 146 valence electrons. The third kappa shape index (κ3) is 5.05. The molecular formula is C19H32N3O3S+. The average molecular weight is 383 g/mol. The Morgan fingerprint density at radius 1 is 1.08 bits per heavy atom. The predicted molar refractivity (Wildman–Crippen MR) is 103 cm³/mol. The van der Waals surface area contributed by atoms with Crippen molar-refractivity contribution in [3.8, 4) is 0 Å². The highest BCUT2D eigenvalue weighted by Crippen LogP contribution is 2.21. The van der Waals surface area contributed by atoms with Crippen LogP contribution in [0.3, 0.4) is 0 Å². The van der Waals surface area contributed by atoms with Gasteiger partial charge in [-0.3, -0.25) is 4.79 Å². The van der Waals surface area contributed by atoms with E-state index in [9.17, 15) is 13.2 Å². The zero-order valence-corrected chi connectivity index (χ0v) is 17.1. The van der Waals surface area contributed by atoms with E-state index >= 15 is 0 Å². The van der Waals surface area contributed by atoms with Gasteiger partial charge in [-0.15, -0.1) is 0 Å². The molecule has 1 heterocycles. The summed E-state index contributed by atoms with van der Waals surface area (Å²) in [5.41, 5.74) is 0.487. The zero-order chi connectivity index (χ0) is 19.3. The van der Waals surface area contributed by atoms with Crippen LogP contribution in [-0.2, 0) is 10.0 Å². The Hall–Kier alpha value is -1.44. The van der Waals surface area contributed by atoms with Gasteiger partial charge in [0.05, 0.1) is 30.1 Å². The minimum Gasteiger partial charge on any atom is -0.346 e. The summed E-state index contributed by atoms with van der Waals surface area (Å²) in [6.45, 7) is 11.3. The summed E-state index contributed by atoms with van der Waals surface area (Å²) in [5.74, 6) is -0.165. The van der Waals surface area contributed by atoms with Gasteiger partial charge in [-0.25, -0.2) is 8.42 Å². The van der Waals surface area contributed by atoms with Gasteiger partial charge in [0.15, 0.2) is 0 Å². The van der Waals surface area contributed by atoms with Gasteiger partial charge in [0.25, 0.3) is 5.91 Å². The van der Waals surface area contributed by atoms with Crippen molar-refractivity contribution >= 4 is 15.9 Å². The first-order chi connectivity index (χ1) is 12.2. The van der Waals surface area contributed by atoms with Crippen LogP contribution >= 0.6 is 0 Å². The Bertz CT molecular complexity index is 685. The number of hydrogen-bond donors (Lipinski definition) is 2. The number of sulfonamides is 1. The molecule has 0 radical (unpaired) electrons. The number of hydrogen-bond acceptors (Lipinski definition) is 3. The standard InChI is InChI=1S/C19H31N3O3S/c1-15(2)22(16(3)4)14-11-20-19(23)17-7-9-18(10-8-17)26(24,25)21-12-5-6-13-21/h7-10,15-16H,5-6,11-14H2,1-4H3,(H,20,23)/p+1. The molecule has 1 aliphatic heterocycles. The topological polar surface area (TPSA) is 70.9 Å². The van der Waals surface area contributed by atoms with E-state index in [4.69, 9.17) is 0 Å². The number of quaternary nitrogens is 1. The Morgan fingerprint density at radius 3 is 2.12 bits per heavy atom. The molecule has 1 fully saturated rings. The molecule has 1 aliphatic rings. The third-order valence-corrected chi connectivity index (χ3v) is 6.91. The second kappa shape index (κ2) is 8.97. The highest BCUT2D eigenvalue weighted by atomic mass is 32.2. The van der Waals surface area contributed by atoms with Crippen LogP contribution in [0.15, 0.2) is 29.2 Å². The van der Waals surface area contributed by atoms with Gasteiger partial charge in [-0.2, -0.15) is 4.31 Å². The summed E-state index contributed by atoms with van der Waals surface area (Å²) < 4.78 is 26.5. The molecule has 1 aromatic rings. The van der Waals surface area contributed by atoms with Crippen LogP contribution in [-0.4, -0.2) is 56.9 Å². The number of rotatable bonds is 8. The lowest BCUT2D eigenvalue weighted by Gasteiger charge is -2.27. The number of nitrogens with one attached hydrogen (secondary N) is 2. The first-order valence-corrected chi connectivity index (χ1v) is 10.9. The lowest BCUT2D eigenvalue weighted by atomic mass is 10.2. The van der Waals surface area contributed by atoms with E-state index in [-0.39, 0.29) is 10.8 Å². The molecule has 0 saturated carbocycles. The summed E-state index contributed by atoms with van der Waals surface area (Å²) in [7, 11) is -3.43. The van der Waals surface area contributed by atoms with Crippen LogP contribution in [0.25, 0.3) is 0 Å². The molecule has 7 heteroatoms. The van der Waals surface area contributed by atoms with Crippen LogP contribution in [0.4, 0.5) is 0 Å². The first kappa shape index (κ1) is 20.9. The van der Waals surface area contributed by atoms with Gasteiger partial charge >= 0.3 is 0 Å². The van der Waals surface area contributed by atoms with Crippen LogP contribution in [0.1, 0.15) is 50.9 Å². The molecule has 1 aromatic carbocycles. The average Bonchev–Trinajstić information content (AvgIpc) is 3.13. The van der Waals surface area contributed by atoms with Crippen LogP contribution in [0, 0.1) is 0 Å². The Kier molecular flexibility index (Phi) is 7.20. The smallest absolute Gasteiger partial charge is 0.251 e. The number of nitrogens with zero attached hydrogens (tertiary/aromatic N) is 1. The molecule has 2 rings (SSSR count). The van der Waals surface area contributed by atoms with Crippen molar-refractivity contribution in [2.75, 3.05) is 26.2 Å². The lowest BCUT2D eigenvalue weighted by Crippen LogP contribution is -3.18. The zero-order valence-electron chi connectivity index (χ0n) is 16.3. The first-order valence-electron chi connectivity index (χ1n) is 9.47. The van der Waals surface area contributed by atoms with Crippen LogP contribution in [0.5, 0.6) is 0 Å². The van der Waals surface area contributed by atoms with E-state index in [0.717, 1.165) is 19.4 Å². The lowest BCUT2D eigenvalue weighted by molar-refractivity contribution is -0.941. The molecule has 6 nitrogen and oxygen atoms in total. The van der Waals surface area contributed by atoms with E-state index in [1.807, 2.05) is 0 Å².